The molecule has 21 heavy (non-hydrogen) atoms. The van der Waals surface area contributed by atoms with Gasteiger partial charge in [0.05, 0.1) is 19.5 Å². The number of rotatable bonds is 7. The lowest BCUT2D eigenvalue weighted by molar-refractivity contribution is 0.186. The summed E-state index contributed by atoms with van der Waals surface area (Å²) in [5, 5.41) is 0. The lowest BCUT2D eigenvalue weighted by Crippen LogP contribution is -2.40. The Morgan fingerprint density at radius 1 is 1.29 bits per heavy atom. The molecule has 0 fully saturated rings. The third-order valence-corrected chi connectivity index (χ3v) is 3.42. The van der Waals surface area contributed by atoms with Gasteiger partial charge in [-0.1, -0.05) is 0 Å². The van der Waals surface area contributed by atoms with Crippen LogP contribution in [0, 0.1) is 0 Å². The van der Waals surface area contributed by atoms with Gasteiger partial charge in [0.1, 0.15) is 0 Å². The molecule has 0 aliphatic rings. The second-order valence-corrected chi connectivity index (χ2v) is 4.73. The highest BCUT2D eigenvalue weighted by molar-refractivity contribution is 5.70. The van der Waals surface area contributed by atoms with Crippen LogP contribution in [-0.4, -0.2) is 38.9 Å². The number of nitrogens with two attached hydrogens (primary N) is 1. The minimum atomic E-state index is -0.351. The SMILES string of the molecule is CCn1c(=O)c2c(ncn2CCCN)n(CCOC)c1=O. The van der Waals surface area contributed by atoms with Crippen molar-refractivity contribution in [1.29, 1.82) is 0 Å². The van der Waals surface area contributed by atoms with Crippen molar-refractivity contribution in [3.8, 4) is 0 Å². The first-order valence-corrected chi connectivity index (χ1v) is 7.03. The monoisotopic (exact) mass is 295 g/mol. The van der Waals surface area contributed by atoms with Crippen LogP contribution in [-0.2, 0) is 24.4 Å². The number of imidazole rings is 1. The summed E-state index contributed by atoms with van der Waals surface area (Å²) in [6.07, 6.45) is 2.33. The molecule has 0 unspecified atom stereocenters. The van der Waals surface area contributed by atoms with Gasteiger partial charge in [-0.3, -0.25) is 13.9 Å². The van der Waals surface area contributed by atoms with E-state index in [1.807, 2.05) is 0 Å². The zero-order valence-corrected chi connectivity index (χ0v) is 12.4. The van der Waals surface area contributed by atoms with E-state index in [2.05, 4.69) is 4.98 Å². The molecule has 0 bridgehead atoms. The molecule has 2 N–H and O–H groups in total. The number of aryl methyl sites for hydroxylation is 1. The Bertz CT molecular complexity index is 728. The van der Waals surface area contributed by atoms with Crippen molar-refractivity contribution in [3.63, 3.8) is 0 Å². The van der Waals surface area contributed by atoms with Gasteiger partial charge in [-0.2, -0.15) is 0 Å². The third kappa shape index (κ3) is 2.77. The van der Waals surface area contributed by atoms with Crippen LogP contribution in [0.4, 0.5) is 0 Å². The number of methoxy groups -OCH3 is 1. The molecule has 2 heterocycles. The molecule has 0 aliphatic carbocycles. The molecule has 0 aromatic carbocycles. The van der Waals surface area contributed by atoms with Crippen LogP contribution in [0.5, 0.6) is 0 Å². The van der Waals surface area contributed by atoms with Crippen molar-refractivity contribution < 1.29 is 4.74 Å². The van der Waals surface area contributed by atoms with E-state index in [1.54, 1.807) is 24.9 Å². The minimum Gasteiger partial charge on any atom is -0.383 e. The van der Waals surface area contributed by atoms with Crippen LogP contribution in [0.15, 0.2) is 15.9 Å². The van der Waals surface area contributed by atoms with Crippen molar-refractivity contribution >= 4 is 11.2 Å². The molecule has 0 saturated heterocycles. The van der Waals surface area contributed by atoms with Gasteiger partial charge in [-0.05, 0) is 19.9 Å². The number of hydrogen-bond donors (Lipinski definition) is 1. The first-order chi connectivity index (χ1) is 10.2. The largest absolute Gasteiger partial charge is 0.383 e. The highest BCUT2D eigenvalue weighted by Gasteiger charge is 2.16. The third-order valence-electron chi connectivity index (χ3n) is 3.42. The summed E-state index contributed by atoms with van der Waals surface area (Å²) in [5.74, 6) is 0. The van der Waals surface area contributed by atoms with E-state index in [-0.39, 0.29) is 11.2 Å². The molecule has 2 aromatic rings. The summed E-state index contributed by atoms with van der Waals surface area (Å²) in [6, 6.07) is 0. The summed E-state index contributed by atoms with van der Waals surface area (Å²) in [5.41, 5.74) is 5.71. The molecule has 0 amide bonds. The Morgan fingerprint density at radius 3 is 2.67 bits per heavy atom. The highest BCUT2D eigenvalue weighted by Crippen LogP contribution is 2.07. The van der Waals surface area contributed by atoms with Gasteiger partial charge in [0.25, 0.3) is 5.56 Å². The van der Waals surface area contributed by atoms with Gasteiger partial charge in [-0.25, -0.2) is 9.78 Å². The van der Waals surface area contributed by atoms with E-state index in [9.17, 15) is 9.59 Å². The van der Waals surface area contributed by atoms with E-state index < -0.39 is 0 Å². The molecule has 0 aliphatic heterocycles. The minimum absolute atomic E-state index is 0.305. The molecule has 0 saturated carbocycles. The Morgan fingerprint density at radius 2 is 2.05 bits per heavy atom. The van der Waals surface area contributed by atoms with Gasteiger partial charge in [0.2, 0.25) is 0 Å². The lowest BCUT2D eigenvalue weighted by atomic mass is 10.4. The second-order valence-electron chi connectivity index (χ2n) is 4.73. The maximum Gasteiger partial charge on any atom is 0.332 e. The fourth-order valence-corrected chi connectivity index (χ4v) is 2.33. The first-order valence-electron chi connectivity index (χ1n) is 7.03. The number of ether oxygens (including phenoxy) is 1. The molecule has 8 nitrogen and oxygen atoms in total. The van der Waals surface area contributed by atoms with Crippen molar-refractivity contribution in [2.75, 3.05) is 20.3 Å². The average molecular weight is 295 g/mol. The Hall–Kier alpha value is -1.93. The normalized spacial score (nSPS) is 11.4. The first kappa shape index (κ1) is 15.5. The number of fused-ring (bicyclic) bond motifs is 1. The summed E-state index contributed by atoms with van der Waals surface area (Å²) in [4.78, 5) is 29.1. The molecule has 8 heteroatoms. The molecule has 0 atom stereocenters. The molecule has 0 radical (unpaired) electrons. The van der Waals surface area contributed by atoms with Crippen LogP contribution in [0.3, 0.4) is 0 Å². The fourth-order valence-electron chi connectivity index (χ4n) is 2.33. The molecule has 2 rings (SSSR count). The molecular formula is C13H21N5O3. The van der Waals surface area contributed by atoms with Gasteiger partial charge in [-0.15, -0.1) is 0 Å². The summed E-state index contributed by atoms with van der Waals surface area (Å²) in [6.45, 7) is 3.98. The fraction of sp³-hybridized carbons (Fsp3) is 0.615. The molecule has 116 valence electrons. The predicted octanol–water partition coefficient (Wildman–Crippen LogP) is -0.625. The van der Waals surface area contributed by atoms with Crippen molar-refractivity contribution in [2.45, 2.75) is 33.0 Å². The Labute approximate surface area is 121 Å². The topological polar surface area (TPSA) is 97.1 Å². The molecular weight excluding hydrogens is 274 g/mol. The van der Waals surface area contributed by atoms with E-state index in [1.165, 1.54) is 9.13 Å². The van der Waals surface area contributed by atoms with Crippen molar-refractivity contribution in [2.24, 2.45) is 5.73 Å². The zero-order chi connectivity index (χ0) is 15.4. The van der Waals surface area contributed by atoms with Crippen molar-refractivity contribution in [3.05, 3.63) is 27.2 Å². The smallest absolute Gasteiger partial charge is 0.332 e. The van der Waals surface area contributed by atoms with E-state index >= 15 is 0 Å². The summed E-state index contributed by atoms with van der Waals surface area (Å²) < 4.78 is 9.50. The maximum absolute atomic E-state index is 12.5. The number of nitrogens with zero attached hydrogens (tertiary/aromatic N) is 4. The summed E-state index contributed by atoms with van der Waals surface area (Å²) >= 11 is 0. The van der Waals surface area contributed by atoms with Crippen LogP contribution in [0.25, 0.3) is 11.2 Å². The standard InChI is InChI=1S/C13H21N5O3/c1-3-17-12(19)10-11(15-9-16(10)6-4-5-14)18(13(17)20)7-8-21-2/h9H,3-8,14H2,1-2H3. The predicted molar refractivity (Wildman–Crippen MR) is 79.5 cm³/mol. The molecule has 2 aromatic heterocycles. The van der Waals surface area contributed by atoms with Crippen LogP contribution in [0.1, 0.15) is 13.3 Å². The zero-order valence-electron chi connectivity index (χ0n) is 12.4. The second kappa shape index (κ2) is 6.68. The summed E-state index contributed by atoms with van der Waals surface area (Å²) in [7, 11) is 1.57. The number of hydrogen-bond acceptors (Lipinski definition) is 5. The van der Waals surface area contributed by atoms with Gasteiger partial charge in [0.15, 0.2) is 11.2 Å². The van der Waals surface area contributed by atoms with Gasteiger partial charge >= 0.3 is 5.69 Å². The average Bonchev–Trinajstić information content (AvgIpc) is 2.89. The van der Waals surface area contributed by atoms with Crippen molar-refractivity contribution in [1.82, 2.24) is 18.7 Å². The van der Waals surface area contributed by atoms with Gasteiger partial charge < -0.3 is 15.0 Å². The van der Waals surface area contributed by atoms with Crippen LogP contribution in [0.2, 0.25) is 0 Å². The lowest BCUT2D eigenvalue weighted by Gasteiger charge is -2.11. The maximum atomic E-state index is 12.5. The van der Waals surface area contributed by atoms with E-state index in [4.69, 9.17) is 10.5 Å². The van der Waals surface area contributed by atoms with Crippen LogP contribution >= 0.6 is 0 Å². The van der Waals surface area contributed by atoms with E-state index in [0.717, 1.165) is 6.42 Å². The quantitative estimate of drug-likeness (QED) is 0.734. The Balaban J connectivity index is 2.69. The van der Waals surface area contributed by atoms with Crippen LogP contribution < -0.4 is 17.0 Å². The van der Waals surface area contributed by atoms with Gasteiger partial charge in [0, 0.05) is 20.2 Å². The Kier molecular flexibility index (Phi) is 4.92. The van der Waals surface area contributed by atoms with E-state index in [0.29, 0.717) is 43.9 Å². The highest BCUT2D eigenvalue weighted by atomic mass is 16.5. The number of aromatic nitrogens is 4. The molecule has 0 spiro atoms.